The molecule has 11 aromatic rings. The molecule has 4 atom stereocenters. The number of aldehydes is 1. The zero-order valence-electron chi connectivity index (χ0n) is 81.2. The first kappa shape index (κ1) is 135. The summed E-state index contributed by atoms with van der Waals surface area (Å²) in [6.45, 7) is 20.8. The normalized spacial score (nSPS) is 10.7. The van der Waals surface area contributed by atoms with E-state index in [0.29, 0.717) is 142 Å². The predicted octanol–water partition coefficient (Wildman–Crippen LogP) is 14.9. The zero-order chi connectivity index (χ0) is 103. The van der Waals surface area contributed by atoms with Crippen LogP contribution >= 0.6 is 80.6 Å². The van der Waals surface area contributed by atoms with Gasteiger partial charge in [0.25, 0.3) is 10.1 Å². The van der Waals surface area contributed by atoms with Crippen molar-refractivity contribution < 1.29 is 162 Å². The third-order valence-electron chi connectivity index (χ3n) is 17.9. The molecule has 0 fully saturated rings. The van der Waals surface area contributed by atoms with Crippen molar-refractivity contribution in [3.05, 3.63) is 385 Å². The fourth-order valence-corrected chi connectivity index (χ4v) is 13.7. The van der Waals surface area contributed by atoms with E-state index < -0.39 is 46.5 Å². The summed E-state index contributed by atoms with van der Waals surface area (Å²) in [6.07, 6.45) is 1.43. The van der Waals surface area contributed by atoms with E-state index >= 15 is 0 Å². The van der Waals surface area contributed by atoms with E-state index in [1.54, 1.807) is 204 Å². The largest absolute Gasteiger partial charge is 2.00 e. The quantitative estimate of drug-likeness (QED) is 0.00288. The summed E-state index contributed by atoms with van der Waals surface area (Å²) >= 11 is 31.9. The first-order valence-electron chi connectivity index (χ1n) is 43.4. The summed E-state index contributed by atoms with van der Waals surface area (Å²) in [5.41, 5.74) is 9.87. The Hall–Kier alpha value is -9.77. The summed E-state index contributed by atoms with van der Waals surface area (Å²) < 4.78 is 72.7. The van der Waals surface area contributed by atoms with E-state index in [0.717, 1.165) is 43.2 Å². The standard InChI is InChI=1S/2C20H22ClNO4.C18H18ClNO4.C16H15ClO3.C9H9IO2.C7H5ClO.C7H8O3S.C5H10O3.C3H7.ClH.Mg.Na.H2O/c2*1-3-25-20(24)17-8-4-6-15(12-17)19(26-11-10-22-14(2)23)16-7-5-9-18(21)13-16;1-12(21)20-8-9-24-17(14-5-3-7-16(19)11-14)13-4-2-6-15(10-13)18(22)23;1-2-20-16(19)13-7-3-5-11(9-13)15(18)12-6-4-8-14(17)10-12;1-2-12-9(11)7-4-3-5-8(10)6-7;8-7-3-1-2-6(4-7)5-9;1-6-2-4-7(5-3-6)11(8,9)10;1-8-5(7)3-2-4-6;1-3-2;;;;/h2*4-9,12-13,19H,3,10-11H2,1-2H3,(H,22,23);2-7,10-11,17H,8-9H2,1H3,(H,20,21)(H,22,23);3-10,15,18H,2H2,1H3;3-6H,2H2,1H3;1-5H;2-5H,1H3,(H,8,9,10);6H,2-4H2,1H3;3H,1-2H3;1H;;;1H2/q;;;;;;;;-1;;+2;+1;/p-2/t19-;;17-;;;;;;;;;;/m1.1........../s1. The van der Waals surface area contributed by atoms with Gasteiger partial charge in [-0.2, -0.15) is 22.3 Å². The number of carboxylic acids is 1. The maximum atomic E-state index is 12.0. The molecule has 760 valence electrons. The van der Waals surface area contributed by atoms with Gasteiger partial charge in [0.15, 0.2) is 0 Å². The number of aliphatic hydroxyl groups is 2. The molecule has 0 bridgehead atoms. The number of halogens is 7. The van der Waals surface area contributed by atoms with Gasteiger partial charge in [-0.25, -0.2) is 24.0 Å². The molecule has 0 spiro atoms. The van der Waals surface area contributed by atoms with Crippen molar-refractivity contribution in [3.63, 3.8) is 0 Å². The fourth-order valence-electron chi connectivity index (χ4n) is 11.7. The number of rotatable bonds is 34. The summed E-state index contributed by atoms with van der Waals surface area (Å²) in [6, 6.07) is 76.6. The number of aryl methyl sites for hydroxylation is 1. The number of methoxy groups -OCH3 is 1. The van der Waals surface area contributed by atoms with Crippen LogP contribution in [0.5, 0.6) is 0 Å². The number of nitrogens with one attached hydrogen (secondary N) is 3. The molecule has 11 rings (SSSR count). The van der Waals surface area contributed by atoms with E-state index in [-0.39, 0.29) is 136 Å². The molecule has 3 amide bonds. The van der Waals surface area contributed by atoms with Crippen LogP contribution in [0.1, 0.15) is 212 Å². The molecule has 2 unspecified atom stereocenters. The van der Waals surface area contributed by atoms with Crippen LogP contribution < -0.4 is 57.9 Å². The molecule has 11 aromatic carbocycles. The Morgan fingerprint density at radius 3 is 0.986 bits per heavy atom. The Morgan fingerprint density at radius 1 is 0.434 bits per heavy atom. The number of aromatic carboxylic acids is 1. The average molecular weight is 2240 g/mol. The molecule has 28 nitrogen and oxygen atoms in total. The van der Waals surface area contributed by atoms with Crippen molar-refractivity contribution in [2.24, 2.45) is 0 Å². The molecular formula is C105H117Cl6IMgN3NaO25S. The molecule has 0 aliphatic rings. The van der Waals surface area contributed by atoms with E-state index in [1.807, 2.05) is 100.0 Å². The number of benzene rings is 11. The number of carbonyl (C=O) groups is 10. The predicted molar refractivity (Wildman–Crippen MR) is 555 cm³/mol. The molecule has 0 radical (unpaired) electrons. The van der Waals surface area contributed by atoms with Crippen LogP contribution in [0, 0.1) is 16.9 Å². The minimum atomic E-state index is -4.02. The Kier molecular flexibility index (Phi) is 73.5. The Balaban J connectivity index is 0. The second-order valence-electron chi connectivity index (χ2n) is 29.0. The smallest absolute Gasteiger partial charge is 1.00 e. The number of ether oxygens (including phenoxy) is 8. The van der Waals surface area contributed by atoms with Gasteiger partial charge in [0.2, 0.25) is 17.7 Å². The van der Waals surface area contributed by atoms with Gasteiger partial charge in [-0.1, -0.05) is 191 Å². The van der Waals surface area contributed by atoms with Crippen molar-refractivity contribution >= 4 is 174 Å². The maximum Gasteiger partial charge on any atom is 2.00 e. The number of hydrogen-bond donors (Lipinski definition) is 7. The second kappa shape index (κ2) is 77.7. The third kappa shape index (κ3) is 56.5. The van der Waals surface area contributed by atoms with Crippen molar-refractivity contribution in [3.8, 4) is 0 Å². The van der Waals surface area contributed by atoms with Crippen molar-refractivity contribution in [2.75, 3.05) is 79.6 Å². The monoisotopic (exact) mass is 2240 g/mol. The summed E-state index contributed by atoms with van der Waals surface area (Å²) in [4.78, 5) is 111. The van der Waals surface area contributed by atoms with Crippen molar-refractivity contribution in [1.29, 1.82) is 0 Å². The van der Waals surface area contributed by atoms with Gasteiger partial charge in [0, 0.05) is 87.7 Å². The van der Waals surface area contributed by atoms with E-state index in [4.69, 9.17) is 101 Å². The van der Waals surface area contributed by atoms with Crippen molar-refractivity contribution in [1.82, 2.24) is 16.0 Å². The van der Waals surface area contributed by atoms with Gasteiger partial charge in [-0.05, 0) is 248 Å². The number of carboxylic acid groups (broad SMARTS) is 1. The Morgan fingerprint density at radius 2 is 0.706 bits per heavy atom. The maximum absolute atomic E-state index is 12.0. The Labute approximate surface area is 919 Å². The van der Waals surface area contributed by atoms with Gasteiger partial charge < -0.3 is 93.5 Å². The van der Waals surface area contributed by atoms with Crippen LogP contribution in [-0.4, -0.2) is 196 Å². The van der Waals surface area contributed by atoms with Gasteiger partial charge in [0.05, 0.1) is 86.1 Å². The van der Waals surface area contributed by atoms with Gasteiger partial charge in [-0.15, -0.1) is 0 Å². The SMILES string of the molecule is CC(=O)NCCO[C@@H](c1cccc(Cl)c1)c1cccc(C(=O)O)c1.CCOC(=O)c1cccc(C(O)c2cccc(Cl)c2)c1.CCOC(=O)c1cccc(C(OCCNC(C)=O)c2cccc(Cl)c2)c1.CCOC(=O)c1cccc(I)c1.CCOC(=O)c1cccc([C@@H](OCCNC(C)=O)c2cccc(Cl)c2)c1.COC(=O)CCCO.C[CH-]C.Cc1ccc(S(=O)(=O)O)cc1.O=Cc1cccc(Cl)c1.[Cl-].[Mg+2].[Na+].[OH-]. The fraction of sp³-hybridized carbons (Fsp3) is 0.267. The molecule has 0 saturated carbocycles. The molecular weight excluding hydrogens is 2120 g/mol. The summed E-state index contributed by atoms with van der Waals surface area (Å²) in [7, 11) is -2.69. The van der Waals surface area contributed by atoms with E-state index in [9.17, 15) is 66.6 Å². The van der Waals surface area contributed by atoms with Gasteiger partial charge in [-0.3, -0.25) is 28.5 Å². The Bertz CT molecular complexity index is 5680. The third-order valence-corrected chi connectivity index (χ3v) is 20.6. The minimum Gasteiger partial charge on any atom is -1.00 e. The molecule has 0 saturated heterocycles. The molecule has 8 N–H and O–H groups in total. The topological polar surface area (TPSA) is 426 Å². The first-order chi connectivity index (χ1) is 66.4. The van der Waals surface area contributed by atoms with Crippen LogP contribution in [-0.2, 0) is 67.2 Å². The molecule has 0 aromatic heterocycles. The number of hydrogen-bond acceptors (Lipinski definition) is 23. The molecule has 143 heavy (non-hydrogen) atoms. The zero-order valence-corrected chi connectivity index (χ0v) is 92.1. The van der Waals surface area contributed by atoms with Crippen LogP contribution in [0.15, 0.2) is 272 Å². The van der Waals surface area contributed by atoms with E-state index in [2.05, 4.69) is 43.3 Å². The molecule has 0 aliphatic carbocycles. The van der Waals surface area contributed by atoms with Gasteiger partial charge >= 0.3 is 88.4 Å². The van der Waals surface area contributed by atoms with Crippen LogP contribution in [0.25, 0.3) is 0 Å². The molecule has 38 heteroatoms. The number of amides is 3. The summed E-state index contributed by atoms with van der Waals surface area (Å²) in [5.74, 6) is -3.03. The summed E-state index contributed by atoms with van der Waals surface area (Å²) in [5, 5.41) is 38.7. The number of aliphatic hydroxyl groups excluding tert-OH is 2. The van der Waals surface area contributed by atoms with Crippen LogP contribution in [0.2, 0.25) is 25.1 Å². The van der Waals surface area contributed by atoms with Crippen molar-refractivity contribution in [2.45, 2.75) is 111 Å². The molecule has 0 heterocycles. The van der Waals surface area contributed by atoms with E-state index in [1.165, 1.54) is 46.1 Å². The van der Waals surface area contributed by atoms with Crippen LogP contribution in [0.3, 0.4) is 0 Å². The van der Waals surface area contributed by atoms with Gasteiger partial charge in [0.1, 0.15) is 30.7 Å². The minimum absolute atomic E-state index is 0. The second-order valence-corrected chi connectivity index (χ2v) is 33.8. The van der Waals surface area contributed by atoms with Crippen LogP contribution in [0.4, 0.5) is 0 Å². The molecule has 0 aliphatic heterocycles. The number of carbonyl (C=O) groups excluding carboxylic acids is 9. The number of esters is 5. The first-order valence-corrected chi connectivity index (χ1v) is 47.8. The average Bonchev–Trinajstić information content (AvgIpc) is 0.832.